The number of amides is 1. The summed E-state index contributed by atoms with van der Waals surface area (Å²) in [6, 6.07) is 19.3. The molecule has 0 aromatic heterocycles. The first-order valence-corrected chi connectivity index (χ1v) is 8.71. The highest BCUT2D eigenvalue weighted by molar-refractivity contribution is 5.87. The Morgan fingerprint density at radius 2 is 1.48 bits per heavy atom. The number of aliphatic hydroxyl groups excluding tert-OH is 1. The third kappa shape index (κ3) is 6.33. The topological polar surface area (TPSA) is 58.6 Å². The molecule has 2 aromatic rings. The number of hydrogen-bond acceptors (Lipinski definition) is 3. The van der Waals surface area contributed by atoms with Gasteiger partial charge in [-0.05, 0) is 17.0 Å². The van der Waals surface area contributed by atoms with Crippen LogP contribution < -0.4 is 5.32 Å². The predicted molar refractivity (Wildman–Crippen MR) is 99.4 cm³/mol. The quantitative estimate of drug-likeness (QED) is 0.737. The SMILES string of the molecule is CC(C)COC[C@@H](O)CNC(=O)C(c1ccccc1)c1ccccc1. The summed E-state index contributed by atoms with van der Waals surface area (Å²) in [7, 11) is 0. The average molecular weight is 341 g/mol. The van der Waals surface area contributed by atoms with Gasteiger partial charge in [0.15, 0.2) is 0 Å². The number of rotatable bonds is 9. The van der Waals surface area contributed by atoms with Gasteiger partial charge in [0.05, 0.1) is 18.6 Å². The van der Waals surface area contributed by atoms with Crippen LogP contribution in [0.4, 0.5) is 0 Å². The number of carbonyl (C=O) groups is 1. The van der Waals surface area contributed by atoms with E-state index in [2.05, 4.69) is 19.2 Å². The van der Waals surface area contributed by atoms with E-state index in [1.807, 2.05) is 60.7 Å². The molecule has 134 valence electrons. The Bertz CT molecular complexity index is 589. The van der Waals surface area contributed by atoms with Gasteiger partial charge >= 0.3 is 0 Å². The van der Waals surface area contributed by atoms with E-state index in [4.69, 9.17) is 4.74 Å². The minimum Gasteiger partial charge on any atom is -0.389 e. The third-order valence-corrected chi connectivity index (χ3v) is 3.80. The number of carbonyl (C=O) groups excluding carboxylic acids is 1. The van der Waals surface area contributed by atoms with Gasteiger partial charge < -0.3 is 15.2 Å². The zero-order valence-electron chi connectivity index (χ0n) is 14.9. The number of aliphatic hydroxyl groups is 1. The molecule has 0 bridgehead atoms. The standard InChI is InChI=1S/C21H27NO3/c1-16(2)14-25-15-19(23)13-22-21(24)20(17-9-5-3-6-10-17)18-11-7-4-8-12-18/h3-12,16,19-20,23H,13-15H2,1-2H3,(H,22,24)/t19-/m0/s1. The van der Waals surface area contributed by atoms with Crippen LogP contribution in [0.5, 0.6) is 0 Å². The maximum atomic E-state index is 12.8. The highest BCUT2D eigenvalue weighted by atomic mass is 16.5. The molecule has 2 aromatic carbocycles. The molecular formula is C21H27NO3. The molecule has 0 spiro atoms. The van der Waals surface area contributed by atoms with E-state index in [0.717, 1.165) is 11.1 Å². The van der Waals surface area contributed by atoms with E-state index in [1.54, 1.807) is 0 Å². The molecule has 0 saturated heterocycles. The molecule has 1 atom stereocenters. The highest BCUT2D eigenvalue weighted by Gasteiger charge is 2.22. The molecule has 0 radical (unpaired) electrons. The van der Waals surface area contributed by atoms with E-state index in [9.17, 15) is 9.90 Å². The van der Waals surface area contributed by atoms with Crippen molar-refractivity contribution in [2.75, 3.05) is 19.8 Å². The summed E-state index contributed by atoms with van der Waals surface area (Å²) in [4.78, 5) is 12.8. The fraction of sp³-hybridized carbons (Fsp3) is 0.381. The lowest BCUT2D eigenvalue weighted by Gasteiger charge is -2.19. The zero-order valence-corrected chi connectivity index (χ0v) is 14.9. The third-order valence-electron chi connectivity index (χ3n) is 3.80. The minimum atomic E-state index is -0.713. The fourth-order valence-corrected chi connectivity index (χ4v) is 2.61. The van der Waals surface area contributed by atoms with E-state index < -0.39 is 12.0 Å². The zero-order chi connectivity index (χ0) is 18.1. The van der Waals surface area contributed by atoms with Crippen LogP contribution in [-0.2, 0) is 9.53 Å². The molecule has 1 amide bonds. The van der Waals surface area contributed by atoms with Crippen molar-refractivity contribution in [2.24, 2.45) is 5.92 Å². The molecular weight excluding hydrogens is 314 g/mol. The summed E-state index contributed by atoms with van der Waals surface area (Å²) < 4.78 is 5.42. The largest absolute Gasteiger partial charge is 0.389 e. The molecule has 0 aliphatic heterocycles. The summed E-state index contributed by atoms with van der Waals surface area (Å²) in [5.74, 6) is -0.103. The maximum absolute atomic E-state index is 12.8. The summed E-state index contributed by atoms with van der Waals surface area (Å²) in [6.07, 6.45) is -0.713. The van der Waals surface area contributed by atoms with Crippen LogP contribution in [0.1, 0.15) is 30.9 Å². The second-order valence-electron chi connectivity index (χ2n) is 6.58. The summed E-state index contributed by atoms with van der Waals surface area (Å²) >= 11 is 0. The Balaban J connectivity index is 1.99. The van der Waals surface area contributed by atoms with E-state index in [0.29, 0.717) is 12.5 Å². The van der Waals surface area contributed by atoms with E-state index >= 15 is 0 Å². The lowest BCUT2D eigenvalue weighted by molar-refractivity contribution is -0.122. The Morgan fingerprint density at radius 3 is 1.96 bits per heavy atom. The number of benzene rings is 2. The van der Waals surface area contributed by atoms with Crippen molar-refractivity contribution < 1.29 is 14.6 Å². The van der Waals surface area contributed by atoms with Crippen molar-refractivity contribution in [3.63, 3.8) is 0 Å². The first kappa shape index (κ1) is 19.2. The molecule has 2 N–H and O–H groups in total. The van der Waals surface area contributed by atoms with Gasteiger partial charge in [-0.25, -0.2) is 0 Å². The fourth-order valence-electron chi connectivity index (χ4n) is 2.61. The van der Waals surface area contributed by atoms with Gasteiger partial charge in [0.2, 0.25) is 5.91 Å². The maximum Gasteiger partial charge on any atom is 0.232 e. The van der Waals surface area contributed by atoms with E-state index in [1.165, 1.54) is 0 Å². The van der Waals surface area contributed by atoms with Gasteiger partial charge in [-0.15, -0.1) is 0 Å². The molecule has 0 fully saturated rings. The second-order valence-corrected chi connectivity index (χ2v) is 6.58. The molecule has 0 aliphatic carbocycles. The number of hydrogen-bond donors (Lipinski definition) is 2. The molecule has 4 nitrogen and oxygen atoms in total. The van der Waals surface area contributed by atoms with Gasteiger partial charge in [-0.1, -0.05) is 74.5 Å². The highest BCUT2D eigenvalue weighted by Crippen LogP contribution is 2.24. The molecule has 0 heterocycles. The summed E-state index contributed by atoms with van der Waals surface area (Å²) in [5.41, 5.74) is 1.86. The van der Waals surface area contributed by atoms with Crippen molar-refractivity contribution in [3.8, 4) is 0 Å². The smallest absolute Gasteiger partial charge is 0.232 e. The van der Waals surface area contributed by atoms with Gasteiger partial charge in [-0.3, -0.25) is 4.79 Å². The number of ether oxygens (including phenoxy) is 1. The van der Waals surface area contributed by atoms with Crippen LogP contribution in [0, 0.1) is 5.92 Å². The lowest BCUT2D eigenvalue weighted by Crippen LogP contribution is -2.37. The minimum absolute atomic E-state index is 0.125. The Labute approximate surface area is 149 Å². The van der Waals surface area contributed by atoms with Crippen LogP contribution in [-0.4, -0.2) is 36.9 Å². The van der Waals surface area contributed by atoms with Crippen LogP contribution in [0.3, 0.4) is 0 Å². The van der Waals surface area contributed by atoms with Gasteiger partial charge in [0, 0.05) is 13.2 Å². The van der Waals surface area contributed by atoms with Crippen molar-refractivity contribution in [3.05, 3.63) is 71.8 Å². The van der Waals surface area contributed by atoms with Crippen LogP contribution in [0.2, 0.25) is 0 Å². The molecule has 25 heavy (non-hydrogen) atoms. The lowest BCUT2D eigenvalue weighted by atomic mass is 9.90. The number of nitrogens with one attached hydrogen (secondary N) is 1. The summed E-state index contributed by atoms with van der Waals surface area (Å²) in [6.45, 7) is 5.10. The van der Waals surface area contributed by atoms with Gasteiger partial charge in [-0.2, -0.15) is 0 Å². The van der Waals surface area contributed by atoms with Gasteiger partial charge in [0.1, 0.15) is 0 Å². The molecule has 2 rings (SSSR count). The summed E-state index contributed by atoms with van der Waals surface area (Å²) in [5, 5.41) is 12.8. The predicted octanol–water partition coefficient (Wildman–Crippen LogP) is 2.97. The Morgan fingerprint density at radius 1 is 0.960 bits per heavy atom. The monoisotopic (exact) mass is 341 g/mol. The molecule has 4 heteroatoms. The normalized spacial score (nSPS) is 12.4. The molecule has 0 saturated carbocycles. The second kappa shape index (κ2) is 9.97. The van der Waals surface area contributed by atoms with E-state index in [-0.39, 0.29) is 19.1 Å². The first-order chi connectivity index (χ1) is 12.1. The van der Waals surface area contributed by atoms with Crippen molar-refractivity contribution >= 4 is 5.91 Å². The Hall–Kier alpha value is -2.17. The van der Waals surface area contributed by atoms with Crippen LogP contribution >= 0.6 is 0 Å². The average Bonchev–Trinajstić information content (AvgIpc) is 2.62. The Kier molecular flexibility index (Phi) is 7.64. The van der Waals surface area contributed by atoms with Crippen molar-refractivity contribution in [2.45, 2.75) is 25.9 Å². The molecule has 0 aliphatic rings. The van der Waals surface area contributed by atoms with Crippen LogP contribution in [0.25, 0.3) is 0 Å². The van der Waals surface area contributed by atoms with Crippen molar-refractivity contribution in [1.29, 1.82) is 0 Å². The van der Waals surface area contributed by atoms with Gasteiger partial charge in [0.25, 0.3) is 0 Å². The first-order valence-electron chi connectivity index (χ1n) is 8.71. The van der Waals surface area contributed by atoms with Crippen molar-refractivity contribution in [1.82, 2.24) is 5.32 Å². The van der Waals surface area contributed by atoms with Crippen LogP contribution in [0.15, 0.2) is 60.7 Å². The molecule has 0 unspecified atom stereocenters.